The van der Waals surface area contributed by atoms with Gasteiger partial charge in [0.25, 0.3) is 5.69 Å². The second kappa shape index (κ2) is 7.92. The lowest BCUT2D eigenvalue weighted by Gasteiger charge is -2.15. The van der Waals surface area contributed by atoms with Crippen molar-refractivity contribution in [1.82, 2.24) is 0 Å². The lowest BCUT2D eigenvalue weighted by atomic mass is 10.2. The van der Waals surface area contributed by atoms with Gasteiger partial charge in [-0.25, -0.2) is 0 Å². The van der Waals surface area contributed by atoms with Gasteiger partial charge in [-0.3, -0.25) is 14.9 Å². The Morgan fingerprint density at radius 3 is 2.62 bits per heavy atom. The van der Waals surface area contributed by atoms with Gasteiger partial charge in [0, 0.05) is 6.07 Å². The van der Waals surface area contributed by atoms with Crippen molar-refractivity contribution in [3.8, 4) is 0 Å². The summed E-state index contributed by atoms with van der Waals surface area (Å²) < 4.78 is 0. The minimum Gasteiger partial charge on any atom is -0.544 e. The number of nitrogens with one attached hydrogen (secondary N) is 1. The summed E-state index contributed by atoms with van der Waals surface area (Å²) in [6.45, 7) is 0.951. The Labute approximate surface area is 120 Å². The number of benzene rings is 1. The smallest absolute Gasteiger partial charge is 0.292 e. The van der Waals surface area contributed by atoms with Gasteiger partial charge < -0.3 is 26.3 Å². The minimum absolute atomic E-state index is 0.0294. The molecule has 21 heavy (non-hydrogen) atoms. The van der Waals surface area contributed by atoms with E-state index in [2.05, 4.69) is 11.1 Å². The van der Waals surface area contributed by atoms with Crippen molar-refractivity contribution in [2.75, 3.05) is 18.4 Å². The third-order valence-corrected chi connectivity index (χ3v) is 2.74. The fourth-order valence-corrected chi connectivity index (χ4v) is 1.72. The highest BCUT2D eigenvalue weighted by molar-refractivity contribution is 5.95. The maximum absolute atomic E-state index is 11.8. The monoisotopic (exact) mass is 297 g/mol. The van der Waals surface area contributed by atoms with Crippen LogP contribution in [0, 0.1) is 10.1 Å². The number of carboxylic acid groups (broad SMARTS) is 1. The number of hydrogen-bond acceptors (Lipinski definition) is 5. The molecule has 1 rings (SSSR count). The van der Waals surface area contributed by atoms with Gasteiger partial charge in [-0.2, -0.15) is 0 Å². The molecule has 0 saturated heterocycles. The Kier molecular flexibility index (Phi) is 6.24. The molecule has 0 aliphatic heterocycles. The Morgan fingerprint density at radius 2 is 2.05 bits per heavy atom. The van der Waals surface area contributed by atoms with Gasteiger partial charge in [-0.15, -0.1) is 0 Å². The van der Waals surface area contributed by atoms with Gasteiger partial charge in [0.15, 0.2) is 0 Å². The predicted octanol–water partition coefficient (Wildman–Crippen LogP) is -3.15. The highest BCUT2D eigenvalue weighted by atomic mass is 16.6. The third-order valence-electron chi connectivity index (χ3n) is 2.74. The fourth-order valence-electron chi connectivity index (χ4n) is 1.72. The van der Waals surface area contributed by atoms with Gasteiger partial charge >= 0.3 is 0 Å². The normalized spacial score (nSPS) is 11.7. The number of nitrogens with zero attached hydrogens (tertiary/aromatic N) is 1. The van der Waals surface area contributed by atoms with E-state index >= 15 is 0 Å². The molecule has 1 aromatic rings. The summed E-state index contributed by atoms with van der Waals surface area (Å²) in [6, 6.07) is 4.59. The second-order valence-corrected chi connectivity index (χ2v) is 4.33. The average Bonchev–Trinajstić information content (AvgIpc) is 2.43. The molecule has 0 radical (unpaired) electrons. The molecule has 0 unspecified atom stereocenters. The maximum Gasteiger partial charge on any atom is 0.292 e. The summed E-state index contributed by atoms with van der Waals surface area (Å²) in [5, 5.41) is 25.5. The van der Waals surface area contributed by atoms with E-state index in [1.165, 1.54) is 29.6 Å². The van der Waals surface area contributed by atoms with Crippen molar-refractivity contribution >= 4 is 23.3 Å². The summed E-state index contributed by atoms with van der Waals surface area (Å²) in [5.41, 5.74) is 3.35. The maximum atomic E-state index is 11.8. The molecule has 0 aromatic heterocycles. The fraction of sp³-hybridized carbons (Fsp3) is 0.333. The summed E-state index contributed by atoms with van der Waals surface area (Å²) >= 11 is 0. The summed E-state index contributed by atoms with van der Waals surface area (Å²) in [4.78, 5) is 32.9. The van der Waals surface area contributed by atoms with Gasteiger partial charge in [-0.05, 0) is 6.07 Å². The average molecular weight is 297 g/mol. The number of carbonyl (C=O) groups is 2. The van der Waals surface area contributed by atoms with Crippen LogP contribution in [0.4, 0.5) is 11.4 Å². The first-order chi connectivity index (χ1) is 9.95. The molecule has 0 heterocycles. The van der Waals surface area contributed by atoms with Crippen molar-refractivity contribution in [3.05, 3.63) is 34.4 Å². The molecule has 0 aliphatic rings. The van der Waals surface area contributed by atoms with E-state index in [1.54, 1.807) is 0 Å². The molecular weight excluding hydrogens is 280 g/mol. The van der Waals surface area contributed by atoms with Gasteiger partial charge in [0.05, 0.1) is 17.3 Å². The van der Waals surface area contributed by atoms with Crippen molar-refractivity contribution in [1.29, 1.82) is 0 Å². The zero-order chi connectivity index (χ0) is 15.8. The molecule has 9 nitrogen and oxygen atoms in total. The SMILES string of the molecule is [NH3+]CC[NH2+][C@@H](CC(=O)Nc1ccccc1[N+](=O)[O-])C(=O)[O-]. The highest BCUT2D eigenvalue weighted by Gasteiger charge is 2.20. The molecule has 114 valence electrons. The van der Waals surface area contributed by atoms with Crippen LogP contribution in [0.5, 0.6) is 0 Å². The van der Waals surface area contributed by atoms with E-state index in [-0.39, 0.29) is 17.8 Å². The van der Waals surface area contributed by atoms with Crippen LogP contribution < -0.4 is 21.5 Å². The summed E-state index contributed by atoms with van der Waals surface area (Å²) in [6.07, 6.45) is -0.339. The van der Waals surface area contributed by atoms with Gasteiger partial charge in [-0.1, -0.05) is 12.1 Å². The number of rotatable bonds is 8. The number of quaternary nitrogens is 2. The number of nitro groups is 1. The van der Waals surface area contributed by atoms with E-state index in [0.29, 0.717) is 13.1 Å². The zero-order valence-corrected chi connectivity index (χ0v) is 11.3. The van der Waals surface area contributed by atoms with Crippen LogP contribution in [0.15, 0.2) is 24.3 Å². The van der Waals surface area contributed by atoms with Gasteiger partial charge in [0.2, 0.25) is 5.91 Å². The highest BCUT2D eigenvalue weighted by Crippen LogP contribution is 2.23. The topological polar surface area (TPSA) is 157 Å². The number of carbonyl (C=O) groups excluding carboxylic acids is 2. The number of amides is 1. The van der Waals surface area contributed by atoms with Crippen LogP contribution >= 0.6 is 0 Å². The molecule has 0 saturated carbocycles. The van der Waals surface area contributed by atoms with Gasteiger partial charge in [0.1, 0.15) is 24.8 Å². The molecule has 1 amide bonds. The molecule has 0 spiro atoms. The molecule has 0 fully saturated rings. The number of para-hydroxylation sites is 2. The first kappa shape index (κ1) is 16.5. The van der Waals surface area contributed by atoms with E-state index in [1.807, 2.05) is 0 Å². The molecular formula is C12H17N4O5+. The Balaban J connectivity index is 2.72. The predicted molar refractivity (Wildman–Crippen MR) is 69.7 cm³/mol. The lowest BCUT2D eigenvalue weighted by Crippen LogP contribution is -2.95. The van der Waals surface area contributed by atoms with Crippen LogP contribution in [0.1, 0.15) is 6.42 Å². The second-order valence-electron chi connectivity index (χ2n) is 4.33. The zero-order valence-electron chi connectivity index (χ0n) is 11.3. The largest absolute Gasteiger partial charge is 0.544 e. The van der Waals surface area contributed by atoms with Crippen LogP contribution in [-0.2, 0) is 9.59 Å². The van der Waals surface area contributed by atoms with Crippen molar-refractivity contribution < 1.29 is 30.7 Å². The molecule has 9 heteroatoms. The number of nitrogens with two attached hydrogens (primary N) is 1. The van der Waals surface area contributed by atoms with Crippen LogP contribution in [0.3, 0.4) is 0 Å². The summed E-state index contributed by atoms with van der Waals surface area (Å²) in [5.74, 6) is -1.99. The standard InChI is InChI=1S/C12H16N4O5/c13-5-6-14-9(12(18)19)7-11(17)15-8-3-1-2-4-10(8)16(20)21/h1-4,9,14H,5-7,13H2,(H,15,17)(H,18,19)/p+1/t9-/m0/s1. The lowest BCUT2D eigenvalue weighted by molar-refractivity contribution is -0.695. The van der Waals surface area contributed by atoms with E-state index in [0.717, 1.165) is 0 Å². The van der Waals surface area contributed by atoms with E-state index in [4.69, 9.17) is 0 Å². The minimum atomic E-state index is -1.36. The van der Waals surface area contributed by atoms with E-state index in [9.17, 15) is 24.8 Å². The van der Waals surface area contributed by atoms with Crippen molar-refractivity contribution in [2.24, 2.45) is 0 Å². The first-order valence-corrected chi connectivity index (χ1v) is 6.32. The number of carboxylic acids is 1. The first-order valence-electron chi connectivity index (χ1n) is 6.32. The van der Waals surface area contributed by atoms with Crippen LogP contribution in [0.2, 0.25) is 0 Å². The molecule has 0 bridgehead atoms. The Morgan fingerprint density at radius 1 is 1.38 bits per heavy atom. The van der Waals surface area contributed by atoms with Crippen LogP contribution in [-0.4, -0.2) is 35.9 Å². The molecule has 1 atom stereocenters. The third kappa shape index (κ3) is 5.16. The molecule has 0 aliphatic carbocycles. The molecule has 1 aromatic carbocycles. The Hall–Kier alpha value is -2.52. The molecule has 6 N–H and O–H groups in total. The summed E-state index contributed by atoms with van der Waals surface area (Å²) in [7, 11) is 0. The Bertz CT molecular complexity index is 534. The number of hydrogen-bond donors (Lipinski definition) is 3. The quantitative estimate of drug-likeness (QED) is 0.341. The number of anilines is 1. The van der Waals surface area contributed by atoms with E-state index < -0.39 is 22.8 Å². The number of aliphatic carboxylic acids is 1. The number of nitro benzene ring substituents is 1. The van der Waals surface area contributed by atoms with Crippen LogP contribution in [0.25, 0.3) is 0 Å². The van der Waals surface area contributed by atoms with Crippen molar-refractivity contribution in [2.45, 2.75) is 12.5 Å². The van der Waals surface area contributed by atoms with Crippen molar-refractivity contribution in [3.63, 3.8) is 0 Å².